The third-order valence-corrected chi connectivity index (χ3v) is 15.9. The predicted molar refractivity (Wildman–Crippen MR) is 246 cm³/mol. The Kier molecular flexibility index (Phi) is 13.3. The van der Waals surface area contributed by atoms with E-state index in [2.05, 4.69) is 22.5 Å². The van der Waals surface area contributed by atoms with Crippen LogP contribution in [-0.2, 0) is 25.1 Å². The first kappa shape index (κ1) is 46.0. The number of amides is 3. The molecule has 3 heterocycles. The molecule has 2 aromatic carbocycles. The van der Waals surface area contributed by atoms with Crippen LogP contribution in [0.25, 0.3) is 22.3 Å². The highest BCUT2D eigenvalue weighted by Gasteiger charge is 2.66. The summed E-state index contributed by atoms with van der Waals surface area (Å²) in [5, 5.41) is 11.1. The summed E-state index contributed by atoms with van der Waals surface area (Å²) in [6.07, 6.45) is 3.57. The summed E-state index contributed by atoms with van der Waals surface area (Å²) < 4.78 is 32.7. The first-order chi connectivity index (χ1) is 29.8. The van der Waals surface area contributed by atoms with Gasteiger partial charge in [0, 0.05) is 41.3 Å². The number of likely N-dealkylation sites (tertiary alicyclic amines) is 1. The molecule has 3 aliphatic rings. The van der Waals surface area contributed by atoms with Gasteiger partial charge in [-0.1, -0.05) is 45.0 Å². The molecule has 2 unspecified atom stereocenters. The molecule has 63 heavy (non-hydrogen) atoms. The lowest BCUT2D eigenvalue weighted by Crippen LogP contribution is -2.58. The van der Waals surface area contributed by atoms with Gasteiger partial charge >= 0.3 is 6.09 Å². The third kappa shape index (κ3) is 9.90. The van der Waals surface area contributed by atoms with Crippen molar-refractivity contribution in [1.82, 2.24) is 25.5 Å². The lowest BCUT2D eigenvalue weighted by molar-refractivity contribution is -0.142. The van der Waals surface area contributed by atoms with Gasteiger partial charge in [0.25, 0.3) is 0 Å². The second-order valence-corrected chi connectivity index (χ2v) is 22.0. The maximum Gasteiger partial charge on any atom is 0.408 e. The van der Waals surface area contributed by atoms with E-state index in [4.69, 9.17) is 24.2 Å². The average molecular weight is 901 g/mol. The third-order valence-electron chi connectivity index (χ3n) is 12.5. The Hall–Kier alpha value is -4.98. The number of rotatable bonds is 15. The van der Waals surface area contributed by atoms with E-state index in [9.17, 15) is 23.8 Å². The number of benzene rings is 2. The summed E-state index contributed by atoms with van der Waals surface area (Å²) in [7, 11) is -2.55. The Morgan fingerprint density at radius 3 is 2.41 bits per heavy atom. The van der Waals surface area contributed by atoms with Crippen LogP contribution in [0.4, 0.5) is 9.93 Å². The highest BCUT2D eigenvalue weighted by molar-refractivity contribution is 7.59. The fourth-order valence-corrected chi connectivity index (χ4v) is 12.3. The Bertz CT molecular complexity index is 2410. The molecule has 2 aliphatic carbocycles. The zero-order chi connectivity index (χ0) is 45.4. The van der Waals surface area contributed by atoms with Crippen LogP contribution in [0.2, 0.25) is 0 Å². The van der Waals surface area contributed by atoms with Crippen molar-refractivity contribution in [3.63, 3.8) is 0 Å². The SMILES string of the molecule is C=C[C@@H]1C[C@]1(NC(=O)[C@@H]1C[C@@H](Oc2cc(-c3csc(NC(C)C)n3)nc3cc(OC)ccc23)CN1C(=O)C(NC(=O)OC1CCCC1)C(C)(C)C)P(=O)(O)Cc1c(C)cccc1C. The van der Waals surface area contributed by atoms with E-state index in [1.165, 1.54) is 16.2 Å². The van der Waals surface area contributed by atoms with Crippen LogP contribution >= 0.6 is 18.7 Å². The second-order valence-electron chi connectivity index (χ2n) is 18.7. The van der Waals surface area contributed by atoms with Crippen molar-refractivity contribution in [3.8, 4) is 22.9 Å². The lowest BCUT2D eigenvalue weighted by Gasteiger charge is -2.36. The van der Waals surface area contributed by atoms with Crippen molar-refractivity contribution in [2.45, 2.75) is 129 Å². The molecule has 3 fully saturated rings. The minimum absolute atomic E-state index is 0.0195. The van der Waals surface area contributed by atoms with Gasteiger partial charge in [-0.3, -0.25) is 14.2 Å². The number of carbonyl (C=O) groups excluding carboxylic acids is 3. The van der Waals surface area contributed by atoms with Gasteiger partial charge in [-0.15, -0.1) is 17.9 Å². The molecule has 0 bridgehead atoms. The molecule has 3 amide bonds. The maximum absolute atomic E-state index is 15.0. The number of aromatic nitrogens is 2. The normalized spacial score (nSPS) is 22.6. The highest BCUT2D eigenvalue weighted by Crippen LogP contribution is 2.71. The fraction of sp³-hybridized carbons (Fsp3) is 0.511. The van der Waals surface area contributed by atoms with E-state index >= 15 is 0 Å². The van der Waals surface area contributed by atoms with E-state index in [0.29, 0.717) is 33.8 Å². The Labute approximate surface area is 374 Å². The first-order valence-electron chi connectivity index (χ1n) is 21.8. The number of thiazole rings is 1. The lowest BCUT2D eigenvalue weighted by atomic mass is 9.85. The number of alkyl carbamates (subject to hydrolysis) is 1. The van der Waals surface area contributed by atoms with E-state index in [-0.39, 0.29) is 37.7 Å². The van der Waals surface area contributed by atoms with Gasteiger partial charge in [0.05, 0.1) is 31.0 Å². The zero-order valence-electron chi connectivity index (χ0n) is 37.5. The monoisotopic (exact) mass is 900 g/mol. The minimum atomic E-state index is -4.13. The quantitative estimate of drug-likeness (QED) is 0.0662. The largest absolute Gasteiger partial charge is 0.497 e. The van der Waals surface area contributed by atoms with Crippen LogP contribution in [0, 0.1) is 25.2 Å². The van der Waals surface area contributed by atoms with Gasteiger partial charge in [-0.25, -0.2) is 14.8 Å². The number of hydrogen-bond acceptors (Lipinski definition) is 11. The van der Waals surface area contributed by atoms with Crippen molar-refractivity contribution < 1.29 is 38.1 Å². The van der Waals surface area contributed by atoms with Gasteiger partial charge in [0.15, 0.2) is 5.13 Å². The van der Waals surface area contributed by atoms with Crippen molar-refractivity contribution in [2.75, 3.05) is 19.0 Å². The molecule has 16 heteroatoms. The van der Waals surface area contributed by atoms with Gasteiger partial charge in [-0.2, -0.15) is 0 Å². The van der Waals surface area contributed by atoms with Crippen molar-refractivity contribution in [1.29, 1.82) is 0 Å². The number of hydrogen-bond donors (Lipinski definition) is 4. The van der Waals surface area contributed by atoms with Crippen LogP contribution in [0.15, 0.2) is 60.5 Å². The number of anilines is 1. The highest BCUT2D eigenvalue weighted by atomic mass is 32.1. The Balaban J connectivity index is 1.23. The molecule has 338 valence electrons. The number of fused-ring (bicyclic) bond motifs is 1. The van der Waals surface area contributed by atoms with Gasteiger partial charge in [0.1, 0.15) is 46.8 Å². The minimum Gasteiger partial charge on any atom is -0.497 e. The molecular formula is C47H61N6O8PS. The van der Waals surface area contributed by atoms with Crippen LogP contribution in [0.1, 0.15) is 89.8 Å². The van der Waals surface area contributed by atoms with E-state index in [1.54, 1.807) is 13.2 Å². The first-order valence-corrected chi connectivity index (χ1v) is 24.5. The molecule has 0 radical (unpaired) electrons. The summed E-state index contributed by atoms with van der Waals surface area (Å²) in [6.45, 7) is 17.3. The molecule has 0 spiro atoms. The Morgan fingerprint density at radius 1 is 1.06 bits per heavy atom. The van der Waals surface area contributed by atoms with Crippen molar-refractivity contribution in [2.24, 2.45) is 11.3 Å². The molecule has 4 aromatic rings. The molecule has 1 aliphatic heterocycles. The molecule has 14 nitrogen and oxygen atoms in total. The number of carbonyl (C=O) groups is 3. The number of methoxy groups -OCH3 is 1. The van der Waals surface area contributed by atoms with Crippen LogP contribution < -0.4 is 25.4 Å². The zero-order valence-corrected chi connectivity index (χ0v) is 39.2. The maximum atomic E-state index is 15.0. The Morgan fingerprint density at radius 2 is 1.78 bits per heavy atom. The molecule has 7 rings (SSSR count). The topological polar surface area (TPSA) is 181 Å². The number of pyridine rings is 1. The predicted octanol–water partition coefficient (Wildman–Crippen LogP) is 8.72. The molecule has 1 saturated heterocycles. The molecular weight excluding hydrogens is 840 g/mol. The summed E-state index contributed by atoms with van der Waals surface area (Å²) in [5.74, 6) is -0.483. The summed E-state index contributed by atoms with van der Waals surface area (Å²) in [4.78, 5) is 66.2. The standard InChI is InChI=1S/C47H61N6O8PS/c1-10-30-23-47(30,62(57,58)25-35-28(4)14-13-15-29(35)5)52-42(54)39-21-33(24-53(39)43(55)41(46(6,7)8)51-45(56)61-31-16-11-12-17-31)60-40-22-37(38-26-63-44(50-38)48-27(2)3)49-36-20-32(59-9)18-19-34(36)40/h10,13-15,18-20,22,26-27,30-31,33,39,41H,1,11-12,16-17,21,23-25H2,2-9H3,(H,48,50)(H,51,56)(H,52,54)(H,57,58)/t30-,33-,39+,41?,47+/m1/s1. The van der Waals surface area contributed by atoms with E-state index in [1.807, 2.05) is 96.3 Å². The van der Waals surface area contributed by atoms with Gasteiger partial charge in [-0.05, 0) is 94.0 Å². The van der Waals surface area contributed by atoms with E-state index < -0.39 is 60.1 Å². The summed E-state index contributed by atoms with van der Waals surface area (Å²) in [6, 6.07) is 11.0. The average Bonchev–Trinajstić information content (AvgIpc) is 3.62. The smallest absolute Gasteiger partial charge is 0.408 e. The number of nitrogens with one attached hydrogen (secondary N) is 3. The van der Waals surface area contributed by atoms with Gasteiger partial charge < -0.3 is 40.0 Å². The van der Waals surface area contributed by atoms with Crippen LogP contribution in [-0.4, -0.2) is 86.9 Å². The number of ether oxygens (including phenoxy) is 3. The summed E-state index contributed by atoms with van der Waals surface area (Å²) in [5.41, 5.74) is 3.53. The number of aryl methyl sites for hydroxylation is 2. The summed E-state index contributed by atoms with van der Waals surface area (Å²) >= 11 is 1.46. The van der Waals surface area contributed by atoms with Crippen LogP contribution in [0.3, 0.4) is 0 Å². The van der Waals surface area contributed by atoms with E-state index in [0.717, 1.165) is 47.5 Å². The fourth-order valence-electron chi connectivity index (χ4n) is 8.85. The van der Waals surface area contributed by atoms with Gasteiger partial charge in [0.2, 0.25) is 19.2 Å². The molecule has 2 aromatic heterocycles. The van der Waals surface area contributed by atoms with Crippen molar-refractivity contribution >= 4 is 52.6 Å². The van der Waals surface area contributed by atoms with Crippen molar-refractivity contribution in [3.05, 3.63) is 77.2 Å². The molecule has 4 N–H and O–H groups in total. The molecule has 2 saturated carbocycles. The van der Waals surface area contributed by atoms with Crippen LogP contribution in [0.5, 0.6) is 11.5 Å². The second kappa shape index (κ2) is 18.3. The molecule has 6 atom stereocenters. The number of nitrogens with zero attached hydrogens (tertiary/aromatic N) is 3.